The molecule has 0 aliphatic heterocycles. The first-order valence-electron chi connectivity index (χ1n) is 12.5. The lowest BCUT2D eigenvalue weighted by Crippen LogP contribution is -2.33. The Morgan fingerprint density at radius 1 is 0.794 bits per heavy atom. The van der Waals surface area contributed by atoms with Gasteiger partial charge in [-0.2, -0.15) is 0 Å². The maximum atomic E-state index is 11.5. The Balaban J connectivity index is 0.000000481. The highest BCUT2D eigenvalue weighted by Gasteiger charge is 2.30. The van der Waals surface area contributed by atoms with Gasteiger partial charge < -0.3 is 14.9 Å². The maximum absolute atomic E-state index is 11.5. The van der Waals surface area contributed by atoms with Gasteiger partial charge in [-0.3, -0.25) is 4.79 Å². The number of phenols is 2. The van der Waals surface area contributed by atoms with Crippen molar-refractivity contribution in [3.8, 4) is 11.5 Å². The van der Waals surface area contributed by atoms with E-state index in [4.69, 9.17) is 14.9 Å². The van der Waals surface area contributed by atoms with Crippen molar-refractivity contribution in [2.75, 3.05) is 0 Å². The van der Waals surface area contributed by atoms with Crippen LogP contribution in [0.3, 0.4) is 0 Å². The van der Waals surface area contributed by atoms with Gasteiger partial charge in [-0.05, 0) is 101 Å². The minimum Gasteiger partial charge on any atom is -0.508 e. The Morgan fingerprint density at radius 3 is 1.71 bits per heavy atom. The number of aromatic hydroxyl groups is 2. The molecule has 2 atom stereocenters. The third-order valence-electron chi connectivity index (χ3n) is 5.96. The fraction of sp³-hybridized carbons (Fsp3) is 0.567. The normalized spacial score (nSPS) is 12.9. The van der Waals surface area contributed by atoms with Gasteiger partial charge in [0.25, 0.3) is 0 Å². The molecular weight excluding hydrogens is 424 g/mol. The topological polar surface area (TPSA) is 66.8 Å². The van der Waals surface area contributed by atoms with Crippen LogP contribution in [0.1, 0.15) is 111 Å². The second-order valence-electron chi connectivity index (χ2n) is 10.5. The van der Waals surface area contributed by atoms with E-state index in [0.717, 1.165) is 19.3 Å². The number of carbonyl (C=O) groups excluding carboxylic acids is 1. The first-order valence-corrected chi connectivity index (χ1v) is 12.5. The monoisotopic (exact) mass is 472 g/mol. The highest BCUT2D eigenvalue weighted by Crippen LogP contribution is 2.24. The number of rotatable bonds is 6. The molecule has 192 valence electrons. The van der Waals surface area contributed by atoms with Gasteiger partial charge in [0.15, 0.2) is 0 Å². The Morgan fingerprint density at radius 2 is 1.29 bits per heavy atom. The molecular formula is C30H48O4. The van der Waals surface area contributed by atoms with Gasteiger partial charge in [0, 0.05) is 0 Å². The number of phenolic OH excluding ortho intramolecular Hbond substituents is 2. The lowest BCUT2D eigenvalue weighted by molar-refractivity contribution is -0.165. The van der Waals surface area contributed by atoms with Crippen LogP contribution in [0.2, 0.25) is 0 Å². The maximum Gasteiger partial charge on any atom is 0.312 e. The fourth-order valence-electron chi connectivity index (χ4n) is 2.67. The van der Waals surface area contributed by atoms with Gasteiger partial charge in [-0.25, -0.2) is 0 Å². The van der Waals surface area contributed by atoms with Crippen molar-refractivity contribution in [2.45, 2.75) is 106 Å². The average molecular weight is 473 g/mol. The molecule has 2 aromatic carbocycles. The summed E-state index contributed by atoms with van der Waals surface area (Å²) in [6, 6.07) is 14.9. The van der Waals surface area contributed by atoms with Gasteiger partial charge in [0.1, 0.15) is 17.1 Å². The molecule has 4 heteroatoms. The minimum atomic E-state index is -0.372. The fourth-order valence-corrected chi connectivity index (χ4v) is 2.67. The van der Waals surface area contributed by atoms with Crippen LogP contribution in [0.5, 0.6) is 11.5 Å². The molecule has 0 aliphatic carbocycles. The highest BCUT2D eigenvalue weighted by atomic mass is 16.6. The molecule has 2 unspecified atom stereocenters. The van der Waals surface area contributed by atoms with Crippen molar-refractivity contribution in [1.29, 1.82) is 0 Å². The van der Waals surface area contributed by atoms with E-state index in [-0.39, 0.29) is 17.0 Å². The molecule has 0 aromatic heterocycles. The van der Waals surface area contributed by atoms with E-state index < -0.39 is 0 Å². The number of benzene rings is 2. The van der Waals surface area contributed by atoms with Crippen molar-refractivity contribution in [3.63, 3.8) is 0 Å². The highest BCUT2D eigenvalue weighted by molar-refractivity contribution is 5.76. The van der Waals surface area contributed by atoms with E-state index in [1.54, 1.807) is 18.2 Å². The van der Waals surface area contributed by atoms with Crippen LogP contribution in [0.25, 0.3) is 0 Å². The molecule has 0 radical (unpaired) electrons. The van der Waals surface area contributed by atoms with Crippen molar-refractivity contribution in [2.24, 2.45) is 5.41 Å². The first-order chi connectivity index (χ1) is 15.7. The van der Waals surface area contributed by atoms with Gasteiger partial charge in [-0.1, -0.05) is 58.9 Å². The Labute approximate surface area is 208 Å². The second-order valence-corrected chi connectivity index (χ2v) is 10.5. The largest absolute Gasteiger partial charge is 0.508 e. The molecule has 0 bridgehead atoms. The van der Waals surface area contributed by atoms with E-state index in [0.29, 0.717) is 23.3 Å². The standard InChI is InChI=1S/C10H20O2.2C10H14O/c1-7-10(5,6)8(11)12-9(2,3)4;1-3-8(2)9-4-6-10(11)7-5-9;1-3-8(2)9-5-4-6-10(11)7-9/h7H2,1-6H3;2*4-8,11H,3H2,1-2H3. The summed E-state index contributed by atoms with van der Waals surface area (Å²) in [5, 5.41) is 18.2. The number of hydrogen-bond acceptors (Lipinski definition) is 4. The van der Waals surface area contributed by atoms with E-state index in [1.165, 1.54) is 11.1 Å². The van der Waals surface area contributed by atoms with Crippen LogP contribution < -0.4 is 0 Å². The summed E-state index contributed by atoms with van der Waals surface area (Å²) in [5.41, 5.74) is 1.79. The van der Waals surface area contributed by atoms with Crippen LogP contribution in [-0.4, -0.2) is 21.8 Å². The molecule has 2 N–H and O–H groups in total. The average Bonchev–Trinajstić information content (AvgIpc) is 2.78. The van der Waals surface area contributed by atoms with Crippen LogP contribution in [0.15, 0.2) is 48.5 Å². The van der Waals surface area contributed by atoms with Gasteiger partial charge in [0.2, 0.25) is 0 Å². The summed E-state index contributed by atoms with van der Waals surface area (Å²) in [4.78, 5) is 11.5. The molecule has 0 amide bonds. The molecule has 0 heterocycles. The number of hydrogen-bond donors (Lipinski definition) is 2. The number of esters is 1. The van der Waals surface area contributed by atoms with E-state index >= 15 is 0 Å². The van der Waals surface area contributed by atoms with Crippen molar-refractivity contribution < 1.29 is 19.7 Å². The molecule has 0 saturated heterocycles. The van der Waals surface area contributed by atoms with Gasteiger partial charge >= 0.3 is 5.97 Å². The summed E-state index contributed by atoms with van der Waals surface area (Å²) in [5.74, 6) is 1.73. The molecule has 0 saturated carbocycles. The summed E-state index contributed by atoms with van der Waals surface area (Å²) < 4.78 is 5.25. The van der Waals surface area contributed by atoms with Crippen LogP contribution in [0, 0.1) is 5.41 Å². The van der Waals surface area contributed by atoms with Gasteiger partial charge in [-0.15, -0.1) is 0 Å². The summed E-state index contributed by atoms with van der Waals surface area (Å²) in [6.07, 6.45) is 3.07. The Hall–Kier alpha value is -2.49. The lowest BCUT2D eigenvalue weighted by Gasteiger charge is -2.27. The molecule has 0 aliphatic rings. The third kappa shape index (κ3) is 12.7. The SMILES string of the molecule is CCC(C)(C)C(=O)OC(C)(C)C.CCC(C)c1ccc(O)cc1.CCC(C)c1cccc(O)c1. The quantitative estimate of drug-likeness (QED) is 0.413. The molecule has 34 heavy (non-hydrogen) atoms. The molecule has 4 nitrogen and oxygen atoms in total. The zero-order valence-electron chi connectivity index (χ0n) is 23.1. The molecule has 0 fully saturated rings. The van der Waals surface area contributed by atoms with Crippen LogP contribution >= 0.6 is 0 Å². The van der Waals surface area contributed by atoms with Crippen LogP contribution in [-0.2, 0) is 9.53 Å². The van der Waals surface area contributed by atoms with Crippen LogP contribution in [0.4, 0.5) is 0 Å². The number of carbonyl (C=O) groups is 1. The zero-order valence-corrected chi connectivity index (χ0v) is 23.1. The van der Waals surface area contributed by atoms with Crippen molar-refractivity contribution in [1.82, 2.24) is 0 Å². The van der Waals surface area contributed by atoms with E-state index in [1.807, 2.05) is 71.9 Å². The molecule has 2 rings (SSSR count). The van der Waals surface area contributed by atoms with Gasteiger partial charge in [0.05, 0.1) is 5.41 Å². The lowest BCUT2D eigenvalue weighted by atomic mass is 9.90. The summed E-state index contributed by atoms with van der Waals surface area (Å²) in [7, 11) is 0. The van der Waals surface area contributed by atoms with Crippen molar-refractivity contribution in [3.05, 3.63) is 59.7 Å². The third-order valence-corrected chi connectivity index (χ3v) is 5.96. The van der Waals surface area contributed by atoms with Crippen molar-refractivity contribution >= 4 is 5.97 Å². The summed E-state index contributed by atoms with van der Waals surface area (Å²) in [6.45, 7) is 20.1. The zero-order chi connectivity index (χ0) is 26.5. The van der Waals surface area contributed by atoms with E-state index in [9.17, 15) is 4.79 Å². The summed E-state index contributed by atoms with van der Waals surface area (Å²) >= 11 is 0. The Kier molecular flexibility index (Phi) is 13.6. The smallest absolute Gasteiger partial charge is 0.312 e. The predicted octanol–water partition coefficient (Wildman–Crippen LogP) is 8.58. The number of ether oxygens (including phenoxy) is 1. The van der Waals surface area contributed by atoms with E-state index in [2.05, 4.69) is 27.7 Å². The molecule has 0 spiro atoms. The minimum absolute atomic E-state index is 0.113. The second kappa shape index (κ2) is 14.7. The molecule has 2 aromatic rings. The Bertz CT molecular complexity index is 832. The first kappa shape index (κ1) is 31.5. The predicted molar refractivity (Wildman–Crippen MR) is 144 cm³/mol.